The van der Waals surface area contributed by atoms with Gasteiger partial charge < -0.3 is 5.73 Å². The van der Waals surface area contributed by atoms with Crippen LogP contribution in [-0.2, 0) is 5.75 Å². The summed E-state index contributed by atoms with van der Waals surface area (Å²) in [5.74, 6) is 0.489. The summed E-state index contributed by atoms with van der Waals surface area (Å²) >= 11 is 1.61. The summed E-state index contributed by atoms with van der Waals surface area (Å²) in [5, 5.41) is 0. The Morgan fingerprint density at radius 2 is 1.82 bits per heavy atom. The second kappa shape index (κ2) is 5.23. The molecule has 0 aromatic heterocycles. The van der Waals surface area contributed by atoms with E-state index in [9.17, 15) is 4.39 Å². The molecule has 0 saturated carbocycles. The number of hydrogen-bond donors (Lipinski definition) is 1. The number of nitrogens with two attached hydrogens (primary N) is 1. The maximum atomic E-state index is 13.2. The average Bonchev–Trinajstić information content (AvgIpc) is 2.33. The number of anilines is 1. The van der Waals surface area contributed by atoms with E-state index in [0.29, 0.717) is 0 Å². The smallest absolute Gasteiger partial charge is 0.147 e. The molecular weight excluding hydrogens is 233 g/mol. The van der Waals surface area contributed by atoms with Crippen LogP contribution in [0.25, 0.3) is 0 Å². The summed E-state index contributed by atoms with van der Waals surface area (Å²) in [7, 11) is 0. The largest absolute Gasteiger partial charge is 0.396 e. The monoisotopic (exact) mass is 247 g/mol. The molecule has 0 atom stereocenters. The van der Waals surface area contributed by atoms with Crippen LogP contribution in [0.5, 0.6) is 0 Å². The van der Waals surface area contributed by atoms with Crippen molar-refractivity contribution in [2.75, 3.05) is 5.73 Å². The minimum atomic E-state index is -0.348. The summed E-state index contributed by atoms with van der Waals surface area (Å²) in [6.07, 6.45) is 0. The Labute approximate surface area is 105 Å². The third kappa shape index (κ3) is 3.24. The van der Waals surface area contributed by atoms with Crippen molar-refractivity contribution in [2.45, 2.75) is 17.6 Å². The van der Waals surface area contributed by atoms with Crippen LogP contribution in [0.3, 0.4) is 0 Å². The van der Waals surface area contributed by atoms with Crippen LogP contribution in [0.15, 0.2) is 47.4 Å². The topological polar surface area (TPSA) is 26.0 Å². The van der Waals surface area contributed by atoms with Gasteiger partial charge in [0, 0.05) is 10.6 Å². The maximum Gasteiger partial charge on any atom is 0.147 e. The molecule has 17 heavy (non-hydrogen) atoms. The number of halogens is 1. The van der Waals surface area contributed by atoms with Gasteiger partial charge >= 0.3 is 0 Å². The van der Waals surface area contributed by atoms with E-state index < -0.39 is 0 Å². The highest BCUT2D eigenvalue weighted by atomic mass is 32.2. The summed E-state index contributed by atoms with van der Waals surface area (Å²) in [6, 6.07) is 13.3. The van der Waals surface area contributed by atoms with E-state index in [1.807, 2.05) is 6.07 Å². The van der Waals surface area contributed by atoms with Crippen molar-refractivity contribution in [3.05, 3.63) is 59.4 Å². The molecule has 0 aliphatic carbocycles. The standard InChI is InChI=1S/C14H14FNS/c1-10-2-4-11(5-3-10)9-17-12-6-7-14(16)13(15)8-12/h2-8H,9,16H2,1H3. The second-order valence-corrected chi connectivity index (χ2v) is 5.01. The molecule has 2 N–H and O–H groups in total. The molecule has 0 saturated heterocycles. The zero-order chi connectivity index (χ0) is 12.3. The van der Waals surface area contributed by atoms with Crippen LogP contribution in [0.1, 0.15) is 11.1 Å². The molecular formula is C14H14FNS. The fraction of sp³-hybridized carbons (Fsp3) is 0.143. The van der Waals surface area contributed by atoms with E-state index in [-0.39, 0.29) is 11.5 Å². The molecule has 0 spiro atoms. The number of rotatable bonds is 3. The van der Waals surface area contributed by atoms with Crippen molar-refractivity contribution in [1.29, 1.82) is 0 Å². The number of hydrogen-bond acceptors (Lipinski definition) is 2. The van der Waals surface area contributed by atoms with Crippen molar-refractivity contribution in [2.24, 2.45) is 0 Å². The van der Waals surface area contributed by atoms with Gasteiger partial charge in [-0.2, -0.15) is 0 Å². The van der Waals surface area contributed by atoms with E-state index >= 15 is 0 Å². The van der Waals surface area contributed by atoms with Gasteiger partial charge in [0.25, 0.3) is 0 Å². The Morgan fingerprint density at radius 1 is 1.12 bits per heavy atom. The Balaban J connectivity index is 2.02. The predicted molar refractivity (Wildman–Crippen MR) is 71.6 cm³/mol. The zero-order valence-corrected chi connectivity index (χ0v) is 10.4. The Bertz CT molecular complexity index is 508. The molecule has 0 radical (unpaired) electrons. The first-order valence-electron chi connectivity index (χ1n) is 5.38. The van der Waals surface area contributed by atoms with Crippen LogP contribution in [0, 0.1) is 12.7 Å². The molecule has 0 bridgehead atoms. The molecule has 0 fully saturated rings. The molecule has 0 aliphatic rings. The first kappa shape index (κ1) is 12.0. The summed E-state index contributed by atoms with van der Waals surface area (Å²) in [4.78, 5) is 0.900. The van der Waals surface area contributed by atoms with Crippen molar-refractivity contribution in [1.82, 2.24) is 0 Å². The SMILES string of the molecule is Cc1ccc(CSc2ccc(N)c(F)c2)cc1. The number of thioether (sulfide) groups is 1. The number of nitrogen functional groups attached to an aromatic ring is 1. The van der Waals surface area contributed by atoms with Gasteiger partial charge in [0.1, 0.15) is 5.82 Å². The Hall–Kier alpha value is -1.48. The molecule has 3 heteroatoms. The lowest BCUT2D eigenvalue weighted by Gasteiger charge is -2.04. The van der Waals surface area contributed by atoms with Crippen molar-refractivity contribution >= 4 is 17.4 Å². The second-order valence-electron chi connectivity index (χ2n) is 3.96. The highest BCUT2D eigenvalue weighted by Crippen LogP contribution is 2.25. The van der Waals surface area contributed by atoms with Gasteiger partial charge in [0.15, 0.2) is 0 Å². The maximum absolute atomic E-state index is 13.2. The molecule has 2 aromatic carbocycles. The first-order chi connectivity index (χ1) is 8.15. The summed E-state index contributed by atoms with van der Waals surface area (Å²) in [5.41, 5.74) is 8.11. The van der Waals surface area contributed by atoms with E-state index in [0.717, 1.165) is 10.6 Å². The first-order valence-corrected chi connectivity index (χ1v) is 6.37. The minimum absolute atomic E-state index is 0.199. The average molecular weight is 247 g/mol. The predicted octanol–water partition coefficient (Wildman–Crippen LogP) is 4.01. The molecule has 0 aliphatic heterocycles. The highest BCUT2D eigenvalue weighted by molar-refractivity contribution is 7.98. The molecule has 88 valence electrons. The number of benzene rings is 2. The molecule has 0 heterocycles. The minimum Gasteiger partial charge on any atom is -0.396 e. The van der Waals surface area contributed by atoms with E-state index in [2.05, 4.69) is 31.2 Å². The normalized spacial score (nSPS) is 10.5. The fourth-order valence-electron chi connectivity index (χ4n) is 1.45. The third-order valence-corrected chi connectivity index (χ3v) is 3.56. The fourth-order valence-corrected chi connectivity index (χ4v) is 2.33. The van der Waals surface area contributed by atoms with Crippen LogP contribution in [-0.4, -0.2) is 0 Å². The van der Waals surface area contributed by atoms with E-state index in [1.165, 1.54) is 17.2 Å². The van der Waals surface area contributed by atoms with Crippen LogP contribution >= 0.6 is 11.8 Å². The van der Waals surface area contributed by atoms with Crippen LogP contribution < -0.4 is 5.73 Å². The molecule has 2 rings (SSSR count). The summed E-state index contributed by atoms with van der Waals surface area (Å²) < 4.78 is 13.2. The summed E-state index contributed by atoms with van der Waals surface area (Å²) in [6.45, 7) is 2.06. The van der Waals surface area contributed by atoms with Crippen molar-refractivity contribution in [3.63, 3.8) is 0 Å². The van der Waals surface area contributed by atoms with Gasteiger partial charge in [0.2, 0.25) is 0 Å². The Kier molecular flexibility index (Phi) is 3.69. The van der Waals surface area contributed by atoms with Gasteiger partial charge in [-0.1, -0.05) is 29.8 Å². The molecule has 0 unspecified atom stereocenters. The Morgan fingerprint density at radius 3 is 2.47 bits per heavy atom. The van der Waals surface area contributed by atoms with Gasteiger partial charge in [-0.3, -0.25) is 0 Å². The highest BCUT2D eigenvalue weighted by Gasteiger charge is 2.01. The van der Waals surface area contributed by atoms with Gasteiger partial charge in [-0.05, 0) is 30.7 Å². The van der Waals surface area contributed by atoms with Crippen LogP contribution in [0.2, 0.25) is 0 Å². The lowest BCUT2D eigenvalue weighted by Crippen LogP contribution is -1.90. The van der Waals surface area contributed by atoms with Crippen LogP contribution in [0.4, 0.5) is 10.1 Å². The molecule has 0 amide bonds. The molecule has 1 nitrogen and oxygen atoms in total. The quantitative estimate of drug-likeness (QED) is 0.655. The third-order valence-electron chi connectivity index (χ3n) is 2.50. The van der Waals surface area contributed by atoms with E-state index in [4.69, 9.17) is 5.73 Å². The van der Waals surface area contributed by atoms with Crippen molar-refractivity contribution in [3.8, 4) is 0 Å². The van der Waals surface area contributed by atoms with E-state index in [1.54, 1.807) is 17.8 Å². The lowest BCUT2D eigenvalue weighted by atomic mass is 10.2. The van der Waals surface area contributed by atoms with Gasteiger partial charge in [-0.25, -0.2) is 4.39 Å². The zero-order valence-electron chi connectivity index (χ0n) is 9.61. The lowest BCUT2D eigenvalue weighted by molar-refractivity contribution is 0.629. The number of aryl methyl sites for hydroxylation is 1. The van der Waals surface area contributed by atoms with Crippen molar-refractivity contribution < 1.29 is 4.39 Å². The van der Waals surface area contributed by atoms with Gasteiger partial charge in [-0.15, -0.1) is 11.8 Å². The van der Waals surface area contributed by atoms with Gasteiger partial charge in [0.05, 0.1) is 5.69 Å². The molecule has 2 aromatic rings.